The van der Waals surface area contributed by atoms with E-state index in [2.05, 4.69) is 0 Å². The van der Waals surface area contributed by atoms with Crippen molar-refractivity contribution in [2.45, 2.75) is 0 Å². The van der Waals surface area contributed by atoms with Gasteiger partial charge in [-0.05, 0) is 24.3 Å². The third-order valence-corrected chi connectivity index (χ3v) is 2.65. The predicted octanol–water partition coefficient (Wildman–Crippen LogP) is 2.05. The quantitative estimate of drug-likeness (QED) is 0.672. The van der Waals surface area contributed by atoms with Crippen molar-refractivity contribution >= 4 is 11.9 Å². The van der Waals surface area contributed by atoms with Crippen LogP contribution in [0, 0.1) is 0 Å². The highest BCUT2D eigenvalue weighted by Crippen LogP contribution is 2.15. The van der Waals surface area contributed by atoms with Gasteiger partial charge in [0.1, 0.15) is 12.4 Å². The van der Waals surface area contributed by atoms with E-state index in [0.29, 0.717) is 5.75 Å². The van der Waals surface area contributed by atoms with Crippen LogP contribution in [0.1, 0.15) is 20.7 Å². The summed E-state index contributed by atoms with van der Waals surface area (Å²) in [4.78, 5) is 24.0. The van der Waals surface area contributed by atoms with E-state index in [1.54, 1.807) is 42.5 Å². The van der Waals surface area contributed by atoms with Crippen LogP contribution < -0.4 is 4.74 Å². The van der Waals surface area contributed by atoms with Gasteiger partial charge in [-0.25, -0.2) is 9.59 Å². The molecule has 0 aliphatic heterocycles. The van der Waals surface area contributed by atoms with Gasteiger partial charge >= 0.3 is 11.9 Å². The molecule has 0 aliphatic rings. The van der Waals surface area contributed by atoms with Crippen molar-refractivity contribution in [2.24, 2.45) is 0 Å². The van der Waals surface area contributed by atoms with Gasteiger partial charge in [0.25, 0.3) is 0 Å². The highest BCUT2D eigenvalue weighted by Gasteiger charge is 2.19. The highest BCUT2D eigenvalue weighted by molar-refractivity contribution is 6.03. The Bertz CT molecular complexity index is 622. The van der Waals surface area contributed by atoms with E-state index in [0.717, 1.165) is 0 Å². The van der Waals surface area contributed by atoms with E-state index in [1.807, 2.05) is 0 Å². The topological polar surface area (TPSA) is 72.8 Å². The smallest absolute Gasteiger partial charge is 0.344 e. The lowest BCUT2D eigenvalue weighted by molar-refractivity contribution is 0.0427. The Morgan fingerprint density at radius 3 is 2.05 bits per heavy atom. The van der Waals surface area contributed by atoms with Crippen molar-refractivity contribution in [3.8, 4) is 5.75 Å². The van der Waals surface area contributed by atoms with Crippen molar-refractivity contribution in [1.82, 2.24) is 0 Å². The third-order valence-electron chi connectivity index (χ3n) is 2.65. The van der Waals surface area contributed by atoms with E-state index in [-0.39, 0.29) is 24.3 Å². The number of carbonyl (C=O) groups is 2. The molecule has 0 amide bonds. The molecule has 0 aliphatic carbocycles. The number of rotatable bonds is 5. The minimum atomic E-state index is -0.676. The van der Waals surface area contributed by atoms with Crippen LogP contribution in [0.4, 0.5) is 0 Å². The first-order chi connectivity index (χ1) is 10.2. The van der Waals surface area contributed by atoms with E-state index >= 15 is 0 Å². The molecule has 21 heavy (non-hydrogen) atoms. The first-order valence-electron chi connectivity index (χ1n) is 6.36. The average Bonchev–Trinajstić information content (AvgIpc) is 2.53. The fourth-order valence-electron chi connectivity index (χ4n) is 1.71. The van der Waals surface area contributed by atoms with Gasteiger partial charge in [0.05, 0.1) is 17.7 Å². The Balaban J connectivity index is 2.19. The van der Waals surface area contributed by atoms with Crippen molar-refractivity contribution in [1.29, 1.82) is 0 Å². The van der Waals surface area contributed by atoms with Crippen LogP contribution in [0.15, 0.2) is 54.6 Å². The molecule has 5 nitrogen and oxygen atoms in total. The summed E-state index contributed by atoms with van der Waals surface area (Å²) in [7, 11) is 0. The summed E-state index contributed by atoms with van der Waals surface area (Å²) in [5.74, 6) is -0.927. The summed E-state index contributed by atoms with van der Waals surface area (Å²) >= 11 is 0. The van der Waals surface area contributed by atoms with E-state index < -0.39 is 11.9 Å². The van der Waals surface area contributed by atoms with Crippen LogP contribution in [0.25, 0.3) is 0 Å². The van der Waals surface area contributed by atoms with Crippen LogP contribution in [0.3, 0.4) is 0 Å². The molecule has 0 atom stereocenters. The Morgan fingerprint density at radius 2 is 1.43 bits per heavy atom. The molecule has 2 rings (SSSR count). The maximum absolute atomic E-state index is 12.1. The number of aliphatic hydroxyl groups excluding tert-OH is 1. The Hall–Kier alpha value is -2.66. The monoisotopic (exact) mass is 286 g/mol. The maximum atomic E-state index is 12.1. The molecule has 0 bridgehead atoms. The van der Waals surface area contributed by atoms with Crippen molar-refractivity contribution < 1.29 is 24.2 Å². The van der Waals surface area contributed by atoms with E-state index in [9.17, 15) is 9.59 Å². The summed E-state index contributed by atoms with van der Waals surface area (Å²) in [6.45, 7) is -0.400. The number of hydrogen-bond donors (Lipinski definition) is 1. The second-order valence-corrected chi connectivity index (χ2v) is 4.11. The molecule has 2 aromatic rings. The lowest BCUT2D eigenvalue weighted by Crippen LogP contribution is -2.16. The molecule has 1 N–H and O–H groups in total. The predicted molar refractivity (Wildman–Crippen MR) is 75.2 cm³/mol. The van der Waals surface area contributed by atoms with Gasteiger partial charge in [-0.15, -0.1) is 0 Å². The molecular formula is C16H14O5. The second kappa shape index (κ2) is 7.21. The minimum absolute atomic E-state index is 0.104. The number of ether oxygens (including phenoxy) is 2. The summed E-state index contributed by atoms with van der Waals surface area (Å²) in [6, 6.07) is 14.8. The fourth-order valence-corrected chi connectivity index (χ4v) is 1.71. The minimum Gasteiger partial charge on any atom is -0.460 e. The third kappa shape index (κ3) is 3.90. The normalized spacial score (nSPS) is 9.95. The first-order valence-corrected chi connectivity index (χ1v) is 6.36. The second-order valence-electron chi connectivity index (χ2n) is 4.11. The van der Waals surface area contributed by atoms with Gasteiger partial charge in [-0.2, -0.15) is 0 Å². The van der Waals surface area contributed by atoms with Crippen LogP contribution in [0.5, 0.6) is 5.75 Å². The molecule has 0 radical (unpaired) electrons. The van der Waals surface area contributed by atoms with Crippen LogP contribution in [0.2, 0.25) is 0 Å². The number of para-hydroxylation sites is 1. The maximum Gasteiger partial charge on any atom is 0.344 e. The van der Waals surface area contributed by atoms with Crippen molar-refractivity contribution in [2.75, 3.05) is 13.2 Å². The standard InChI is InChI=1S/C16H14O5/c17-10-11-20-15(18)13-8-4-5-9-14(13)16(19)21-12-6-2-1-3-7-12/h1-9,17H,10-11H2. The number of benzene rings is 2. The highest BCUT2D eigenvalue weighted by atomic mass is 16.5. The van der Waals surface area contributed by atoms with Gasteiger partial charge in [0.15, 0.2) is 0 Å². The van der Waals surface area contributed by atoms with Gasteiger partial charge in [0.2, 0.25) is 0 Å². The molecule has 5 heteroatoms. The van der Waals surface area contributed by atoms with Gasteiger partial charge in [-0.1, -0.05) is 30.3 Å². The Morgan fingerprint density at radius 1 is 0.857 bits per heavy atom. The first kappa shape index (κ1) is 14.7. The molecule has 108 valence electrons. The Kier molecular flexibility index (Phi) is 5.06. The molecule has 0 saturated heterocycles. The van der Waals surface area contributed by atoms with E-state index in [1.165, 1.54) is 12.1 Å². The fraction of sp³-hybridized carbons (Fsp3) is 0.125. The largest absolute Gasteiger partial charge is 0.460 e. The summed E-state index contributed by atoms with van der Waals surface area (Å²) in [5.41, 5.74) is 0.219. The number of carbonyl (C=O) groups excluding carboxylic acids is 2. The van der Waals surface area contributed by atoms with Crippen LogP contribution in [-0.4, -0.2) is 30.3 Å². The van der Waals surface area contributed by atoms with E-state index in [4.69, 9.17) is 14.6 Å². The summed E-state index contributed by atoms with van der Waals surface area (Å²) in [6.07, 6.45) is 0. The van der Waals surface area contributed by atoms with Gasteiger partial charge in [-0.3, -0.25) is 0 Å². The zero-order valence-corrected chi connectivity index (χ0v) is 11.2. The van der Waals surface area contributed by atoms with Crippen molar-refractivity contribution in [3.63, 3.8) is 0 Å². The summed E-state index contributed by atoms with van der Waals surface area (Å²) in [5, 5.41) is 8.67. The number of aliphatic hydroxyl groups is 1. The molecule has 0 unspecified atom stereocenters. The molecular weight excluding hydrogens is 272 g/mol. The summed E-state index contributed by atoms with van der Waals surface area (Å²) < 4.78 is 10.0. The lowest BCUT2D eigenvalue weighted by Gasteiger charge is -2.09. The Labute approximate surface area is 121 Å². The average molecular weight is 286 g/mol. The molecule has 0 fully saturated rings. The van der Waals surface area contributed by atoms with Crippen molar-refractivity contribution in [3.05, 3.63) is 65.7 Å². The molecule has 0 saturated carbocycles. The molecule has 0 aromatic heterocycles. The number of esters is 2. The number of hydrogen-bond acceptors (Lipinski definition) is 5. The lowest BCUT2D eigenvalue weighted by atomic mass is 10.1. The van der Waals surface area contributed by atoms with Crippen LogP contribution >= 0.6 is 0 Å². The van der Waals surface area contributed by atoms with Gasteiger partial charge < -0.3 is 14.6 Å². The zero-order valence-electron chi connectivity index (χ0n) is 11.2. The SMILES string of the molecule is O=C(OCCO)c1ccccc1C(=O)Oc1ccccc1. The van der Waals surface area contributed by atoms with Crippen LogP contribution in [-0.2, 0) is 4.74 Å². The van der Waals surface area contributed by atoms with Gasteiger partial charge in [0, 0.05) is 0 Å². The molecule has 0 heterocycles. The molecule has 0 spiro atoms. The molecule has 2 aromatic carbocycles. The zero-order chi connectivity index (χ0) is 15.1.